The predicted molar refractivity (Wildman–Crippen MR) is 107 cm³/mol. The third-order valence-electron chi connectivity index (χ3n) is 5.83. The first-order chi connectivity index (χ1) is 14.3. The Balaban J connectivity index is 1.69. The summed E-state index contributed by atoms with van der Waals surface area (Å²) in [6.45, 7) is 1.71. The lowest BCUT2D eigenvalue weighted by molar-refractivity contribution is -0.143. The van der Waals surface area contributed by atoms with Gasteiger partial charge >= 0.3 is 0 Å². The molecule has 1 heterocycles. The molecule has 1 aromatic rings. The van der Waals surface area contributed by atoms with Crippen LogP contribution in [0.5, 0.6) is 0 Å². The minimum absolute atomic E-state index is 0.0100. The number of hydrogen-bond acceptors (Lipinski definition) is 4. The number of allylic oxidation sites excluding steroid dienone is 2. The molecule has 8 heteroatoms. The Hall–Kier alpha value is -3.03. The van der Waals surface area contributed by atoms with E-state index in [-0.39, 0.29) is 55.0 Å². The summed E-state index contributed by atoms with van der Waals surface area (Å²) < 4.78 is 13.2. The number of nitrogens with one attached hydrogen (secondary N) is 1. The van der Waals surface area contributed by atoms with Crippen molar-refractivity contribution in [2.24, 2.45) is 11.8 Å². The normalized spacial score (nSPS) is 21.4. The quantitative estimate of drug-likeness (QED) is 0.542. The van der Waals surface area contributed by atoms with Crippen LogP contribution in [-0.2, 0) is 25.7 Å². The van der Waals surface area contributed by atoms with Crippen molar-refractivity contribution in [3.05, 3.63) is 47.8 Å². The molecule has 1 aliphatic carbocycles. The third kappa shape index (κ3) is 4.42. The molecular formula is C22H26FN3O4. The summed E-state index contributed by atoms with van der Waals surface area (Å²) in [6, 6.07) is 4.93. The van der Waals surface area contributed by atoms with Crippen LogP contribution in [0.4, 0.5) is 4.39 Å². The molecule has 30 heavy (non-hydrogen) atoms. The van der Waals surface area contributed by atoms with Crippen LogP contribution in [0.25, 0.3) is 0 Å². The van der Waals surface area contributed by atoms with Crippen molar-refractivity contribution in [1.29, 1.82) is 0 Å². The van der Waals surface area contributed by atoms with Gasteiger partial charge in [0.25, 0.3) is 0 Å². The van der Waals surface area contributed by atoms with Crippen molar-refractivity contribution in [2.75, 3.05) is 13.6 Å². The number of likely N-dealkylation sites (N-methyl/N-ethyl adjacent to an activating group) is 1. The zero-order chi connectivity index (χ0) is 21.8. The monoisotopic (exact) mass is 415 g/mol. The number of imide groups is 1. The average Bonchev–Trinajstić information content (AvgIpc) is 3.00. The second-order valence-electron chi connectivity index (χ2n) is 7.67. The van der Waals surface area contributed by atoms with E-state index in [0.717, 1.165) is 0 Å². The van der Waals surface area contributed by atoms with Gasteiger partial charge in [-0.3, -0.25) is 24.1 Å². The fourth-order valence-electron chi connectivity index (χ4n) is 4.02. The molecule has 7 nitrogen and oxygen atoms in total. The molecule has 160 valence electrons. The van der Waals surface area contributed by atoms with E-state index in [1.54, 1.807) is 19.1 Å². The van der Waals surface area contributed by atoms with Gasteiger partial charge in [-0.25, -0.2) is 4.39 Å². The molecule has 0 spiro atoms. The maximum Gasteiger partial charge on any atom is 0.242 e. The molecule has 0 saturated carbocycles. The van der Waals surface area contributed by atoms with Gasteiger partial charge in [0.15, 0.2) is 0 Å². The highest BCUT2D eigenvalue weighted by atomic mass is 19.1. The van der Waals surface area contributed by atoms with Crippen molar-refractivity contribution >= 4 is 23.6 Å². The average molecular weight is 415 g/mol. The van der Waals surface area contributed by atoms with E-state index in [0.29, 0.717) is 18.4 Å². The Morgan fingerprint density at radius 1 is 1.13 bits per heavy atom. The Morgan fingerprint density at radius 2 is 1.70 bits per heavy atom. The number of nitrogens with zero attached hydrogens (tertiary/aromatic N) is 2. The highest BCUT2D eigenvalue weighted by Crippen LogP contribution is 2.35. The number of carbonyl (C=O) groups is 4. The minimum atomic E-state index is -0.760. The van der Waals surface area contributed by atoms with Crippen LogP contribution in [0.2, 0.25) is 0 Å². The number of hydrogen-bond donors (Lipinski definition) is 1. The summed E-state index contributed by atoms with van der Waals surface area (Å²) in [4.78, 5) is 52.9. The topological polar surface area (TPSA) is 86.8 Å². The van der Waals surface area contributed by atoms with Crippen LogP contribution in [0.1, 0.15) is 31.7 Å². The Kier molecular flexibility index (Phi) is 6.64. The van der Waals surface area contributed by atoms with Crippen LogP contribution in [0.15, 0.2) is 36.4 Å². The molecule has 1 aromatic carbocycles. The molecule has 1 saturated heterocycles. The van der Waals surface area contributed by atoms with Gasteiger partial charge in [0.1, 0.15) is 11.9 Å². The maximum atomic E-state index is 13.2. The van der Waals surface area contributed by atoms with E-state index in [1.165, 1.54) is 29.0 Å². The molecule has 1 N–H and O–H groups in total. The SMILES string of the molecule is CNC(=O)C(C)N(Cc1ccc(F)cc1)C(=O)CCN1C(=O)[C@H]2CC=CC[C@H]2C1=O. The van der Waals surface area contributed by atoms with Crippen molar-refractivity contribution in [1.82, 2.24) is 15.1 Å². The van der Waals surface area contributed by atoms with Gasteiger partial charge in [-0.1, -0.05) is 24.3 Å². The number of rotatable bonds is 7. The summed E-state index contributed by atoms with van der Waals surface area (Å²) in [5, 5.41) is 2.52. The van der Waals surface area contributed by atoms with E-state index in [2.05, 4.69) is 5.32 Å². The molecular weight excluding hydrogens is 389 g/mol. The lowest BCUT2D eigenvalue weighted by Gasteiger charge is -2.29. The first kappa shape index (κ1) is 21.7. The number of likely N-dealkylation sites (tertiary alicyclic amines) is 1. The summed E-state index contributed by atoms with van der Waals surface area (Å²) in [5.74, 6) is -2.22. The molecule has 3 rings (SSSR count). The smallest absolute Gasteiger partial charge is 0.242 e. The van der Waals surface area contributed by atoms with Crippen molar-refractivity contribution in [3.63, 3.8) is 0 Å². The van der Waals surface area contributed by atoms with Gasteiger partial charge in [-0.15, -0.1) is 0 Å². The van der Waals surface area contributed by atoms with Gasteiger partial charge in [0.05, 0.1) is 11.8 Å². The summed E-state index contributed by atoms with van der Waals surface area (Å²) in [6.07, 6.45) is 4.84. The predicted octanol–water partition coefficient (Wildman–Crippen LogP) is 1.63. The van der Waals surface area contributed by atoms with E-state index in [1.807, 2.05) is 12.2 Å². The van der Waals surface area contributed by atoms with E-state index in [4.69, 9.17) is 0 Å². The van der Waals surface area contributed by atoms with Gasteiger partial charge in [-0.05, 0) is 37.5 Å². The van der Waals surface area contributed by atoms with Gasteiger partial charge < -0.3 is 10.2 Å². The zero-order valence-corrected chi connectivity index (χ0v) is 17.1. The number of benzene rings is 1. The second-order valence-corrected chi connectivity index (χ2v) is 7.67. The minimum Gasteiger partial charge on any atom is -0.357 e. The van der Waals surface area contributed by atoms with E-state index in [9.17, 15) is 23.6 Å². The van der Waals surface area contributed by atoms with Crippen molar-refractivity contribution < 1.29 is 23.6 Å². The van der Waals surface area contributed by atoms with Crippen LogP contribution < -0.4 is 5.32 Å². The number of fused-ring (bicyclic) bond motifs is 1. The second kappa shape index (κ2) is 9.19. The van der Waals surface area contributed by atoms with Crippen LogP contribution in [0.3, 0.4) is 0 Å². The lowest BCUT2D eigenvalue weighted by Crippen LogP contribution is -2.47. The summed E-state index contributed by atoms with van der Waals surface area (Å²) >= 11 is 0. The van der Waals surface area contributed by atoms with Gasteiger partial charge in [0, 0.05) is 26.6 Å². The number of amides is 4. The highest BCUT2D eigenvalue weighted by Gasteiger charge is 2.47. The number of halogens is 1. The molecule has 3 atom stereocenters. The highest BCUT2D eigenvalue weighted by molar-refractivity contribution is 6.05. The molecule has 2 aliphatic rings. The van der Waals surface area contributed by atoms with Crippen LogP contribution >= 0.6 is 0 Å². The Bertz CT molecular complexity index is 842. The molecule has 0 bridgehead atoms. The maximum absolute atomic E-state index is 13.2. The van der Waals surface area contributed by atoms with E-state index < -0.39 is 11.9 Å². The van der Waals surface area contributed by atoms with Crippen LogP contribution in [-0.4, -0.2) is 53.1 Å². The fraction of sp³-hybridized carbons (Fsp3) is 0.455. The van der Waals surface area contributed by atoms with Gasteiger partial charge in [0.2, 0.25) is 23.6 Å². The summed E-state index contributed by atoms with van der Waals surface area (Å²) in [5.41, 5.74) is 0.672. The molecule has 0 aromatic heterocycles. The standard InChI is InChI=1S/C22H26FN3O4/c1-14(20(28)24-2)26(13-15-7-9-16(23)10-8-15)19(27)11-12-25-21(29)17-5-3-4-6-18(17)22(25)30/h3-4,7-10,14,17-18H,5-6,11-13H2,1-2H3,(H,24,28)/t14?,17-,18+. The molecule has 0 radical (unpaired) electrons. The van der Waals surface area contributed by atoms with Crippen molar-refractivity contribution in [2.45, 2.75) is 38.8 Å². The Morgan fingerprint density at radius 3 is 2.23 bits per heavy atom. The largest absolute Gasteiger partial charge is 0.357 e. The number of carbonyl (C=O) groups excluding carboxylic acids is 4. The molecule has 1 fully saturated rings. The van der Waals surface area contributed by atoms with Crippen molar-refractivity contribution in [3.8, 4) is 0 Å². The lowest BCUT2D eigenvalue weighted by atomic mass is 9.85. The molecule has 1 unspecified atom stereocenters. The van der Waals surface area contributed by atoms with Gasteiger partial charge in [-0.2, -0.15) is 0 Å². The first-order valence-electron chi connectivity index (χ1n) is 10.1. The van der Waals surface area contributed by atoms with Crippen LogP contribution in [0, 0.1) is 17.7 Å². The molecule has 4 amide bonds. The summed E-state index contributed by atoms with van der Waals surface area (Å²) in [7, 11) is 1.48. The third-order valence-corrected chi connectivity index (χ3v) is 5.83. The Labute approximate surface area is 174 Å². The fourth-order valence-corrected chi connectivity index (χ4v) is 4.02. The van der Waals surface area contributed by atoms with E-state index >= 15 is 0 Å². The first-order valence-corrected chi connectivity index (χ1v) is 10.1. The molecule has 1 aliphatic heterocycles. The zero-order valence-electron chi connectivity index (χ0n) is 17.1.